The molecule has 21 heterocycles. The summed E-state index contributed by atoms with van der Waals surface area (Å²) in [5, 5.41) is 0. The Kier molecular flexibility index (Phi) is 56.2. The van der Waals surface area contributed by atoms with E-state index in [1.807, 2.05) is 0 Å². The van der Waals surface area contributed by atoms with Gasteiger partial charge in [0.25, 0.3) is 0 Å². The van der Waals surface area contributed by atoms with Crippen LogP contribution in [0.25, 0.3) is 0 Å². The molecule has 0 aromatic heterocycles. The monoisotopic (exact) mass is 2020 g/mol. The zero-order valence-electron chi connectivity index (χ0n) is 75.0. The number of ether oxygens (including phenoxy) is 35. The molecular formula is C84H112O56. The molecule has 0 aromatic carbocycles. The molecule has 0 spiro atoms. The van der Waals surface area contributed by atoms with Crippen molar-refractivity contribution in [3.05, 3.63) is 0 Å². The van der Waals surface area contributed by atoms with Gasteiger partial charge in [0.2, 0.25) is 0 Å². The Hall–Kier alpha value is -8.33. The molecule has 0 amide bonds. The Labute approximate surface area is 795 Å². The molecule has 21 aliphatic rings. The van der Waals surface area contributed by atoms with Crippen LogP contribution >= 0.6 is 0 Å². The molecule has 0 unspecified atom stereocenters. The average molecular weight is 2020 g/mol. The first-order chi connectivity index (χ1) is 68.7. The van der Waals surface area contributed by atoms with Gasteiger partial charge in [0, 0.05) is 0 Å². The smallest absolute Gasteiger partial charge is 0.187 e. The Morgan fingerprint density at radius 1 is 0.121 bits per heavy atom. The molecule has 140 heavy (non-hydrogen) atoms. The molecular weight excluding hydrogens is 1900 g/mol. The van der Waals surface area contributed by atoms with Crippen LogP contribution in [0.15, 0.2) is 0 Å². The fraction of sp³-hybridized carbons (Fsp3) is 0.750. The van der Waals surface area contributed by atoms with Crippen LogP contribution in [0.4, 0.5) is 0 Å². The van der Waals surface area contributed by atoms with Crippen molar-refractivity contribution in [3.8, 4) is 0 Å². The lowest BCUT2D eigenvalue weighted by Gasteiger charge is -2.53. The number of hydrogen-bond acceptors (Lipinski definition) is 56. The van der Waals surface area contributed by atoms with Gasteiger partial charge in [0.1, 0.15) is 442 Å². The van der Waals surface area contributed by atoms with E-state index in [1.54, 1.807) is 0 Å². The second-order valence-corrected chi connectivity index (χ2v) is 29.9. The Morgan fingerprint density at radius 2 is 0.214 bits per heavy atom. The Bertz CT molecular complexity index is 3070. The predicted octanol–water partition coefficient (Wildman–Crippen LogP) is -10.5. The van der Waals surface area contributed by atoms with Crippen LogP contribution in [0.3, 0.4) is 0 Å². The maximum atomic E-state index is 12.8. The van der Waals surface area contributed by atoms with Gasteiger partial charge in [0.05, 0.1) is 46.2 Å². The van der Waals surface area contributed by atoms with Gasteiger partial charge in [-0.1, -0.05) is 0 Å². The zero-order chi connectivity index (χ0) is 101. The van der Waals surface area contributed by atoms with E-state index in [9.17, 15) is 101 Å². The van der Waals surface area contributed by atoms with Crippen LogP contribution in [0.5, 0.6) is 0 Å². The molecule has 21 saturated heterocycles. The van der Waals surface area contributed by atoms with Crippen molar-refractivity contribution in [2.24, 2.45) is 0 Å². The molecule has 35 atom stereocenters. The van der Waals surface area contributed by atoms with Crippen LogP contribution in [0, 0.1) is 0 Å². The van der Waals surface area contributed by atoms with Crippen molar-refractivity contribution < 1.29 is 266 Å². The Balaban J connectivity index is 1.48. The highest BCUT2D eigenvalue weighted by molar-refractivity contribution is 5.56. The minimum atomic E-state index is -2.16. The van der Waals surface area contributed by atoms with Crippen LogP contribution in [0.2, 0.25) is 0 Å². The first-order valence-corrected chi connectivity index (χ1v) is 43.7. The number of rotatable bonds is 70. The largest absolute Gasteiger partial charge is 0.371 e. The molecule has 784 valence electrons. The van der Waals surface area contributed by atoms with Gasteiger partial charge in [-0.15, -0.1) is 0 Å². The summed E-state index contributed by atoms with van der Waals surface area (Å²) in [7, 11) is 0. The minimum Gasteiger partial charge on any atom is -0.371 e. The van der Waals surface area contributed by atoms with Gasteiger partial charge < -0.3 is 266 Å². The van der Waals surface area contributed by atoms with Crippen LogP contribution < -0.4 is 0 Å². The third-order valence-electron chi connectivity index (χ3n) is 21.4. The summed E-state index contributed by atoms with van der Waals surface area (Å²) >= 11 is 0. The van der Waals surface area contributed by atoms with Gasteiger partial charge in [-0.3, -0.25) is 0 Å². The normalized spacial score (nSPS) is 35.1. The third kappa shape index (κ3) is 34.2. The van der Waals surface area contributed by atoms with E-state index < -0.39 is 400 Å². The van der Waals surface area contributed by atoms with Crippen molar-refractivity contribution in [2.75, 3.05) is 185 Å². The van der Waals surface area contributed by atoms with Gasteiger partial charge in [0.15, 0.2) is 44.0 Å². The van der Waals surface area contributed by atoms with Gasteiger partial charge in [-0.2, -0.15) is 0 Å². The SMILES string of the molecule is O=CCOC[C@H]1O[C@@H]2O[C@H]3[C@H](OCC=O)[C@@H](OCC=O)[C@@H](O[C@H]4[C@H](OCC=O)[C@@H](OCC=O)[C@@H](O[C@H]5[C@H](OCC=O)[C@@H](OCC=O)[C@@H](O[C@H]6[C@H](OCC=O)[C@@H](OCC=O)[C@@H](O[C@H]7[C@H](OCC=O)[C@@H](OCC=O)[C@@H](O[C@H]8[C@H](OCC=O)[C@@H](OCC=O)[C@@H](O[C@H]1[C@H](OCC=O)[C@H]2OCC=O)O[C@@H]8COCC=O)O[C@@H]7COCC=O)O[C@@H]6COCC=O)O[C@@H]5COCC=O)O[C@@H]4COCC=O)O[C@@H]3COCC=O. The van der Waals surface area contributed by atoms with Crippen molar-refractivity contribution in [2.45, 2.75) is 215 Å². The molecule has 0 aromatic rings. The van der Waals surface area contributed by atoms with Crippen LogP contribution in [0.1, 0.15) is 0 Å². The molecule has 21 aliphatic heterocycles. The second kappa shape index (κ2) is 67.3. The van der Waals surface area contributed by atoms with Crippen molar-refractivity contribution in [3.63, 3.8) is 0 Å². The lowest BCUT2D eigenvalue weighted by molar-refractivity contribution is -0.405. The zero-order valence-corrected chi connectivity index (χ0v) is 75.0. The van der Waals surface area contributed by atoms with Crippen molar-refractivity contribution in [1.29, 1.82) is 0 Å². The third-order valence-corrected chi connectivity index (χ3v) is 21.4. The van der Waals surface area contributed by atoms with E-state index in [4.69, 9.17) is 166 Å². The number of hydrogen-bond donors (Lipinski definition) is 0. The van der Waals surface area contributed by atoms with E-state index >= 15 is 0 Å². The number of aldehydes is 21. The molecule has 0 saturated carbocycles. The fourth-order valence-electron chi connectivity index (χ4n) is 16.4. The summed E-state index contributed by atoms with van der Waals surface area (Å²) < 4.78 is 224. The summed E-state index contributed by atoms with van der Waals surface area (Å²) in [4.78, 5) is 265. The Morgan fingerprint density at radius 3 is 0.307 bits per heavy atom. The molecule has 14 bridgehead atoms. The van der Waals surface area contributed by atoms with Crippen molar-refractivity contribution >= 4 is 132 Å². The quantitative estimate of drug-likeness (QED) is 0.0403. The first-order valence-electron chi connectivity index (χ1n) is 43.7. The van der Waals surface area contributed by atoms with Gasteiger partial charge in [-0.25, -0.2) is 0 Å². The second-order valence-electron chi connectivity index (χ2n) is 29.9. The summed E-state index contributed by atoms with van der Waals surface area (Å²) in [6, 6.07) is 0. The van der Waals surface area contributed by atoms with Crippen LogP contribution in [-0.2, 0) is 266 Å². The van der Waals surface area contributed by atoms with E-state index in [0.29, 0.717) is 44.0 Å². The maximum absolute atomic E-state index is 12.8. The number of carbonyl (C=O) groups is 21. The molecule has 21 fully saturated rings. The van der Waals surface area contributed by atoms with E-state index in [0.717, 1.165) is 0 Å². The van der Waals surface area contributed by atoms with E-state index in [2.05, 4.69) is 0 Å². The lowest BCUT2D eigenvalue weighted by Crippen LogP contribution is -2.70. The highest BCUT2D eigenvalue weighted by Gasteiger charge is 2.64. The highest BCUT2D eigenvalue weighted by Crippen LogP contribution is 2.45. The van der Waals surface area contributed by atoms with Crippen molar-refractivity contribution in [1.82, 2.24) is 0 Å². The average Bonchev–Trinajstić information content (AvgIpc) is 0.792. The molecule has 0 radical (unpaired) electrons. The van der Waals surface area contributed by atoms with Gasteiger partial charge in [-0.05, 0) is 0 Å². The summed E-state index contributed by atoms with van der Waals surface area (Å²) in [6.07, 6.45) is -64.4. The van der Waals surface area contributed by atoms with E-state index in [-0.39, 0.29) is 88.0 Å². The molecule has 0 aliphatic carbocycles. The topological polar surface area (TPSA) is 682 Å². The summed E-state index contributed by atoms with van der Waals surface area (Å²) in [5.74, 6) is 0. The first kappa shape index (κ1) is 117. The van der Waals surface area contributed by atoms with Crippen LogP contribution in [-0.4, -0.2) is 532 Å². The number of carbonyl (C=O) groups excluding carboxylic acids is 21. The summed E-state index contributed by atoms with van der Waals surface area (Å²) in [6.45, 7) is -24.2. The standard InChI is InChI=1S/C84H112O56/c85-1-22-106-43-50-57-64(113-29-8-92)71(120-36-15-99)78(127-50)135-58-51(44-107-23-2-86)129-80(73(122-38-17-101)65(58)114-30-9-93)137-60-53(46-109-25-4-88)131-82(75(124-40-19-103)67(60)116-32-11-95)139-62-55(48-111-27-6-90)133-84(77(126-42-21-105)69(62)118-34-13-97)140-63-56(49-112-28-7-91)132-83(76(125-41-20-104)70(63)119-35-14-98)138-61-54(47-110-26-5-89)130-81(74(123-39-18-102)68(61)117-33-12-96)136-59-52(45-108-24-3-87)128-79(134-57)72(121-37-16-100)66(59)115-31-10-94/h1-21,50-84H,22-49H2/t50-,51-,52-,53-,54-,55-,56-,57-,58-,59-,60-,61-,62-,63-,64+,65+,66+,67+,68+,69+,70+,71-,72-,73-,74-,75-,76-,77-,78-,79-,80-,81-,82-,83-,84-/m1/s1. The molecule has 56 heteroatoms. The predicted molar refractivity (Wildman–Crippen MR) is 434 cm³/mol. The summed E-state index contributed by atoms with van der Waals surface area (Å²) in [5.41, 5.74) is 0. The van der Waals surface area contributed by atoms with E-state index in [1.165, 1.54) is 0 Å². The maximum Gasteiger partial charge on any atom is 0.187 e. The molecule has 56 nitrogen and oxygen atoms in total. The molecule has 0 N–H and O–H groups in total. The fourth-order valence-corrected chi connectivity index (χ4v) is 16.4. The minimum absolute atomic E-state index is 0.226. The highest BCUT2D eigenvalue weighted by atomic mass is 16.8. The lowest BCUT2D eigenvalue weighted by atomic mass is 9.94. The van der Waals surface area contributed by atoms with Gasteiger partial charge >= 0.3 is 0 Å². The molecule has 21 rings (SSSR count).